The first-order chi connectivity index (χ1) is 14.7. The third-order valence-electron chi connectivity index (χ3n) is 4.51. The van der Waals surface area contributed by atoms with Gasteiger partial charge in [-0.05, 0) is 73.7 Å². The molecule has 2 aromatic rings. The number of rotatable bonds is 9. The van der Waals surface area contributed by atoms with E-state index in [2.05, 4.69) is 15.6 Å². The average Bonchev–Trinajstić information content (AvgIpc) is 2.76. The molecule has 1 atom stereocenters. The summed E-state index contributed by atoms with van der Waals surface area (Å²) in [5.74, 6) is -0.0276. The minimum Gasteiger partial charge on any atom is -0.497 e. The van der Waals surface area contributed by atoms with Gasteiger partial charge in [-0.25, -0.2) is 8.42 Å². The molecule has 0 aromatic heterocycles. The molecule has 0 aliphatic rings. The van der Waals surface area contributed by atoms with Crippen molar-refractivity contribution in [3.05, 3.63) is 59.2 Å². The van der Waals surface area contributed by atoms with E-state index in [1.165, 1.54) is 18.9 Å². The maximum atomic E-state index is 12.9. The molecule has 0 saturated carbocycles. The summed E-state index contributed by atoms with van der Waals surface area (Å²) in [6.45, 7) is 3.49. The Hall–Kier alpha value is -2.56. The van der Waals surface area contributed by atoms with Crippen molar-refractivity contribution >= 4 is 33.6 Å². The Morgan fingerprint density at radius 3 is 2.35 bits per heavy atom. The van der Waals surface area contributed by atoms with Crippen molar-refractivity contribution < 1.29 is 22.7 Å². The molecular weight excluding hydrogens is 438 g/mol. The zero-order valence-electron chi connectivity index (χ0n) is 17.9. The van der Waals surface area contributed by atoms with Crippen molar-refractivity contribution in [2.75, 3.05) is 19.1 Å². The van der Waals surface area contributed by atoms with Gasteiger partial charge in [-0.1, -0.05) is 12.1 Å². The zero-order valence-corrected chi connectivity index (χ0v) is 19.5. The van der Waals surface area contributed by atoms with E-state index in [-0.39, 0.29) is 11.3 Å². The van der Waals surface area contributed by atoms with Crippen molar-refractivity contribution in [3.8, 4) is 5.75 Å². The molecule has 0 bridgehead atoms. The van der Waals surface area contributed by atoms with Gasteiger partial charge in [0.25, 0.3) is 11.8 Å². The molecule has 1 unspecified atom stereocenters. The number of nitrogens with one attached hydrogen (secondary N) is 3. The lowest BCUT2D eigenvalue weighted by atomic mass is 10.2. The minimum atomic E-state index is -3.93. The maximum absolute atomic E-state index is 12.9. The lowest BCUT2D eigenvalue weighted by molar-refractivity contribution is -0.123. The Kier molecular flexibility index (Phi) is 8.90. The lowest BCUT2D eigenvalue weighted by Gasteiger charge is -2.19. The molecule has 2 aromatic carbocycles. The van der Waals surface area contributed by atoms with E-state index in [4.69, 9.17) is 4.74 Å². The van der Waals surface area contributed by atoms with Gasteiger partial charge in [0, 0.05) is 5.56 Å². The van der Waals surface area contributed by atoms with Crippen LogP contribution in [-0.4, -0.2) is 45.4 Å². The average molecular weight is 466 g/mol. The van der Waals surface area contributed by atoms with Crippen LogP contribution in [0.1, 0.15) is 27.9 Å². The molecule has 2 rings (SSSR count). The number of hydrazine groups is 1. The fourth-order valence-electron chi connectivity index (χ4n) is 2.75. The summed E-state index contributed by atoms with van der Waals surface area (Å²) < 4.78 is 33.3. The second-order valence-corrected chi connectivity index (χ2v) is 9.56. The molecular formula is C21H27N3O5S2. The Morgan fingerprint density at radius 2 is 1.74 bits per heavy atom. The predicted octanol–water partition coefficient (Wildman–Crippen LogP) is 2.17. The van der Waals surface area contributed by atoms with Crippen molar-refractivity contribution in [2.45, 2.75) is 31.2 Å². The van der Waals surface area contributed by atoms with Gasteiger partial charge in [0.05, 0.1) is 12.0 Å². The molecule has 10 heteroatoms. The highest BCUT2D eigenvalue weighted by molar-refractivity contribution is 7.98. The Labute approximate surface area is 187 Å². The van der Waals surface area contributed by atoms with Gasteiger partial charge in [0.15, 0.2) is 0 Å². The summed E-state index contributed by atoms with van der Waals surface area (Å²) >= 11 is 1.49. The fraction of sp³-hybridized carbons (Fsp3) is 0.333. The Balaban J connectivity index is 2.10. The first-order valence-corrected chi connectivity index (χ1v) is 12.4. The zero-order chi connectivity index (χ0) is 23.0. The molecule has 31 heavy (non-hydrogen) atoms. The predicted molar refractivity (Wildman–Crippen MR) is 122 cm³/mol. The van der Waals surface area contributed by atoms with E-state index in [1.54, 1.807) is 50.2 Å². The molecule has 168 valence electrons. The van der Waals surface area contributed by atoms with Gasteiger partial charge < -0.3 is 4.74 Å². The highest BCUT2D eigenvalue weighted by Gasteiger charge is 2.27. The maximum Gasteiger partial charge on any atom is 0.269 e. The molecule has 0 spiro atoms. The van der Waals surface area contributed by atoms with Crippen LogP contribution in [0.15, 0.2) is 47.4 Å². The molecule has 0 saturated heterocycles. The van der Waals surface area contributed by atoms with Crippen LogP contribution in [0.2, 0.25) is 0 Å². The molecule has 8 nitrogen and oxygen atoms in total. The normalized spacial score (nSPS) is 12.1. The number of carbonyl (C=O) groups excluding carboxylic acids is 2. The van der Waals surface area contributed by atoms with Gasteiger partial charge in [0.2, 0.25) is 10.0 Å². The number of thioether (sulfide) groups is 1. The number of aryl methyl sites for hydroxylation is 2. The Bertz CT molecular complexity index is 1020. The van der Waals surface area contributed by atoms with Crippen molar-refractivity contribution in [1.82, 2.24) is 15.6 Å². The standard InChI is InChI=1S/C21H27N3O5S2/c1-14-5-6-15(2)19(13-14)31(27,28)24-18(11-12-30-4)21(26)23-22-20(25)16-7-9-17(29-3)10-8-16/h5-10,13,18,24H,11-12H2,1-4H3,(H,22,25)(H,23,26). The number of methoxy groups -OCH3 is 1. The van der Waals surface area contributed by atoms with Crippen LogP contribution < -0.4 is 20.3 Å². The summed E-state index contributed by atoms with van der Waals surface area (Å²) in [4.78, 5) is 25.1. The van der Waals surface area contributed by atoms with Crippen LogP contribution in [0, 0.1) is 13.8 Å². The summed E-state index contributed by atoms with van der Waals surface area (Å²) in [6, 6.07) is 10.4. The summed E-state index contributed by atoms with van der Waals surface area (Å²) in [5, 5.41) is 0. The third kappa shape index (κ3) is 6.98. The monoisotopic (exact) mass is 465 g/mol. The Morgan fingerprint density at radius 1 is 1.06 bits per heavy atom. The van der Waals surface area contributed by atoms with Crippen LogP contribution in [0.3, 0.4) is 0 Å². The largest absolute Gasteiger partial charge is 0.497 e. The van der Waals surface area contributed by atoms with E-state index < -0.39 is 27.9 Å². The lowest BCUT2D eigenvalue weighted by Crippen LogP contribution is -2.52. The first kappa shape index (κ1) is 24.7. The van der Waals surface area contributed by atoms with Crippen LogP contribution in [-0.2, 0) is 14.8 Å². The number of carbonyl (C=O) groups is 2. The smallest absolute Gasteiger partial charge is 0.269 e. The van der Waals surface area contributed by atoms with Gasteiger partial charge >= 0.3 is 0 Å². The number of ether oxygens (including phenoxy) is 1. The number of sulfonamides is 1. The molecule has 0 fully saturated rings. The van der Waals surface area contributed by atoms with E-state index in [0.717, 1.165) is 5.56 Å². The number of benzene rings is 2. The fourth-order valence-corrected chi connectivity index (χ4v) is 4.78. The van der Waals surface area contributed by atoms with E-state index in [0.29, 0.717) is 22.6 Å². The topological polar surface area (TPSA) is 114 Å². The van der Waals surface area contributed by atoms with Crippen molar-refractivity contribution in [1.29, 1.82) is 0 Å². The molecule has 0 aliphatic heterocycles. The van der Waals surface area contributed by atoms with Gasteiger partial charge in [-0.15, -0.1) is 0 Å². The van der Waals surface area contributed by atoms with Crippen LogP contribution >= 0.6 is 11.8 Å². The molecule has 3 N–H and O–H groups in total. The van der Waals surface area contributed by atoms with Gasteiger partial charge in [-0.3, -0.25) is 20.4 Å². The van der Waals surface area contributed by atoms with E-state index >= 15 is 0 Å². The molecule has 0 radical (unpaired) electrons. The van der Waals surface area contributed by atoms with Crippen molar-refractivity contribution in [2.24, 2.45) is 0 Å². The second-order valence-electron chi connectivity index (χ2n) is 6.90. The highest BCUT2D eigenvalue weighted by Crippen LogP contribution is 2.18. The molecule has 2 amide bonds. The van der Waals surface area contributed by atoms with Crippen molar-refractivity contribution in [3.63, 3.8) is 0 Å². The van der Waals surface area contributed by atoms with Gasteiger partial charge in [0.1, 0.15) is 11.8 Å². The summed E-state index contributed by atoms with van der Waals surface area (Å²) in [6.07, 6.45) is 2.12. The van der Waals surface area contributed by atoms with Crippen LogP contribution in [0.25, 0.3) is 0 Å². The number of amides is 2. The SMILES string of the molecule is COc1ccc(C(=O)NNC(=O)C(CCSC)NS(=O)(=O)c2cc(C)ccc2C)cc1. The van der Waals surface area contributed by atoms with Crippen LogP contribution in [0.5, 0.6) is 5.75 Å². The molecule has 0 aliphatic carbocycles. The summed E-state index contributed by atoms with van der Waals surface area (Å²) in [5.41, 5.74) is 6.32. The second kappa shape index (κ2) is 11.2. The van der Waals surface area contributed by atoms with Gasteiger partial charge in [-0.2, -0.15) is 16.5 Å². The van der Waals surface area contributed by atoms with E-state index in [1.807, 2.05) is 12.3 Å². The molecule has 0 heterocycles. The number of hydrogen-bond donors (Lipinski definition) is 3. The van der Waals surface area contributed by atoms with E-state index in [9.17, 15) is 18.0 Å². The number of hydrogen-bond acceptors (Lipinski definition) is 6. The first-order valence-electron chi connectivity index (χ1n) is 9.50. The van der Waals surface area contributed by atoms with Crippen LogP contribution in [0.4, 0.5) is 0 Å². The summed E-state index contributed by atoms with van der Waals surface area (Å²) in [7, 11) is -2.42. The highest BCUT2D eigenvalue weighted by atomic mass is 32.2. The third-order valence-corrected chi connectivity index (χ3v) is 6.77. The quantitative estimate of drug-likeness (QED) is 0.489. The minimum absolute atomic E-state index is 0.122.